The van der Waals surface area contributed by atoms with Gasteiger partial charge in [-0.25, -0.2) is 4.79 Å². The molecule has 0 spiro atoms. The molecule has 0 aliphatic heterocycles. The molecule has 0 aromatic heterocycles. The number of carboxylic acid groups (broad SMARTS) is 2. The van der Waals surface area contributed by atoms with E-state index >= 15 is 0 Å². The minimum Gasteiger partial charge on any atom is -0.481 e. The third kappa shape index (κ3) is 38.8. The lowest BCUT2D eigenvalue weighted by atomic mass is 9.81. The Balaban J connectivity index is 1.99. The van der Waals surface area contributed by atoms with E-state index in [1.807, 2.05) is 6.92 Å². The molecule has 5 amide bonds. The van der Waals surface area contributed by atoms with E-state index in [2.05, 4.69) is 26.6 Å². The Bertz CT molecular complexity index is 1330. The average molecular weight is 956 g/mol. The van der Waals surface area contributed by atoms with Crippen molar-refractivity contribution in [2.45, 2.75) is 180 Å². The van der Waals surface area contributed by atoms with Crippen LogP contribution >= 0.6 is 0 Å². The zero-order chi connectivity index (χ0) is 49.0. The van der Waals surface area contributed by atoms with Crippen LogP contribution in [-0.4, -0.2) is 137 Å². The maximum Gasteiger partial charge on any atom is 0.326 e. The van der Waals surface area contributed by atoms with Crippen molar-refractivity contribution in [3.8, 4) is 0 Å². The summed E-state index contributed by atoms with van der Waals surface area (Å²) < 4.78 is 21.3. The number of ether oxygens (including phenoxy) is 4. The molecule has 1 aliphatic carbocycles. The van der Waals surface area contributed by atoms with Crippen molar-refractivity contribution in [2.75, 3.05) is 79.0 Å². The summed E-state index contributed by atoms with van der Waals surface area (Å²) >= 11 is 0. The van der Waals surface area contributed by atoms with Crippen molar-refractivity contribution in [3.05, 3.63) is 0 Å². The van der Waals surface area contributed by atoms with Crippen LogP contribution in [0.5, 0.6) is 0 Å². The second-order valence-electron chi connectivity index (χ2n) is 17.7. The van der Waals surface area contributed by atoms with E-state index in [1.54, 1.807) is 0 Å². The zero-order valence-electron chi connectivity index (χ0n) is 41.0. The summed E-state index contributed by atoms with van der Waals surface area (Å²) in [5.74, 6) is -2.97. The van der Waals surface area contributed by atoms with Crippen LogP contribution in [0.1, 0.15) is 174 Å². The van der Waals surface area contributed by atoms with E-state index in [4.69, 9.17) is 24.1 Å². The van der Waals surface area contributed by atoms with E-state index < -0.39 is 18.0 Å². The Labute approximate surface area is 400 Å². The standard InChI is InChI=1S/C49H89N5O13/c1-2-3-28-50-45(57)38-66-35-34-65-32-30-52-46(58)39-67-36-33-64-31-29-51-44(56)27-26-42(49(62)63)54-48(61)41-24-22-40(23-25-41)37-53-43(55)20-18-16-14-12-10-8-6-4-5-7-9-11-13-15-17-19-21-47(59)60/h40-42H,2-39H2,1H3,(H,50,57)(H,51,56)(H,52,58)(H,53,55)(H,54,61)(H,59,60)(H,62,63)/t40-,41-,42-/m0/s1. The van der Waals surface area contributed by atoms with Gasteiger partial charge >= 0.3 is 11.9 Å². The predicted octanol–water partition coefficient (Wildman–Crippen LogP) is 5.58. The minimum absolute atomic E-state index is 0.0142. The average Bonchev–Trinajstić information content (AvgIpc) is 3.30. The summed E-state index contributed by atoms with van der Waals surface area (Å²) in [6.45, 7) is 5.06. The summed E-state index contributed by atoms with van der Waals surface area (Å²) in [5.41, 5.74) is 0. The molecule has 1 fully saturated rings. The highest BCUT2D eigenvalue weighted by Gasteiger charge is 2.30. The van der Waals surface area contributed by atoms with Gasteiger partial charge in [0, 0.05) is 51.4 Å². The number of amides is 5. The van der Waals surface area contributed by atoms with Crippen LogP contribution in [0.3, 0.4) is 0 Å². The molecule has 0 saturated heterocycles. The van der Waals surface area contributed by atoms with Crippen LogP contribution < -0.4 is 26.6 Å². The number of hydrogen-bond acceptors (Lipinski definition) is 11. The summed E-state index contributed by atoms with van der Waals surface area (Å²) in [5, 5.41) is 32.2. The van der Waals surface area contributed by atoms with E-state index in [0.29, 0.717) is 51.9 Å². The lowest BCUT2D eigenvalue weighted by Crippen LogP contribution is -2.45. The normalized spacial score (nSPS) is 15.1. The predicted molar refractivity (Wildman–Crippen MR) is 255 cm³/mol. The summed E-state index contributed by atoms with van der Waals surface area (Å²) in [7, 11) is 0. The Hall–Kier alpha value is -3.87. The monoisotopic (exact) mass is 956 g/mol. The Kier molecular flexibility index (Phi) is 39.6. The lowest BCUT2D eigenvalue weighted by Gasteiger charge is -2.28. The van der Waals surface area contributed by atoms with Crippen LogP contribution in [0.4, 0.5) is 0 Å². The number of nitrogens with one attached hydrogen (secondary N) is 5. The van der Waals surface area contributed by atoms with E-state index in [0.717, 1.165) is 64.2 Å². The van der Waals surface area contributed by atoms with Crippen molar-refractivity contribution in [1.82, 2.24) is 26.6 Å². The molecule has 388 valence electrons. The van der Waals surface area contributed by atoms with Crippen LogP contribution in [0.15, 0.2) is 0 Å². The van der Waals surface area contributed by atoms with Gasteiger partial charge in [0.05, 0.1) is 39.6 Å². The SMILES string of the molecule is CCCCNC(=O)COCCOCCNC(=O)COCCOCCNC(=O)CC[C@H](NC(=O)[C@H]1CC[C@H](CNC(=O)CCCCCCCCCCCCCCCCCCC(=O)O)CC1)C(=O)O. The molecule has 7 N–H and O–H groups in total. The van der Waals surface area contributed by atoms with Crippen LogP contribution in [0, 0.1) is 11.8 Å². The maximum atomic E-state index is 13.0. The molecule has 1 aliphatic rings. The highest BCUT2D eigenvalue weighted by Crippen LogP contribution is 2.29. The van der Waals surface area contributed by atoms with Gasteiger partial charge in [0.15, 0.2) is 0 Å². The first-order chi connectivity index (χ1) is 32.5. The topological polar surface area (TPSA) is 257 Å². The van der Waals surface area contributed by atoms with Gasteiger partial charge in [0.25, 0.3) is 0 Å². The number of unbranched alkanes of at least 4 members (excludes halogenated alkanes) is 16. The van der Waals surface area contributed by atoms with E-state index in [9.17, 15) is 38.7 Å². The van der Waals surface area contributed by atoms with Gasteiger partial charge in [-0.15, -0.1) is 0 Å². The van der Waals surface area contributed by atoms with Crippen molar-refractivity contribution in [3.63, 3.8) is 0 Å². The molecular weight excluding hydrogens is 867 g/mol. The zero-order valence-corrected chi connectivity index (χ0v) is 41.0. The van der Waals surface area contributed by atoms with Crippen molar-refractivity contribution in [2.24, 2.45) is 11.8 Å². The van der Waals surface area contributed by atoms with Gasteiger partial charge in [0.1, 0.15) is 19.3 Å². The first-order valence-corrected chi connectivity index (χ1v) is 25.6. The molecule has 0 aromatic carbocycles. The number of carbonyl (C=O) groups is 7. The molecule has 0 aromatic rings. The summed E-state index contributed by atoms with van der Waals surface area (Å²) in [6, 6.07) is -1.18. The molecule has 0 unspecified atom stereocenters. The van der Waals surface area contributed by atoms with E-state index in [1.165, 1.54) is 64.2 Å². The smallest absolute Gasteiger partial charge is 0.326 e. The fourth-order valence-corrected chi connectivity index (χ4v) is 7.72. The van der Waals surface area contributed by atoms with Gasteiger partial charge < -0.3 is 55.7 Å². The molecular formula is C49H89N5O13. The molecule has 0 heterocycles. The van der Waals surface area contributed by atoms with Gasteiger partial charge in [-0.3, -0.25) is 28.8 Å². The highest BCUT2D eigenvalue weighted by atomic mass is 16.5. The molecule has 1 saturated carbocycles. The summed E-state index contributed by atoms with van der Waals surface area (Å²) in [6.07, 6.45) is 24.2. The van der Waals surface area contributed by atoms with Gasteiger partial charge in [-0.1, -0.05) is 103 Å². The van der Waals surface area contributed by atoms with Gasteiger partial charge in [-0.2, -0.15) is 0 Å². The molecule has 1 rings (SSSR count). The first-order valence-electron chi connectivity index (χ1n) is 25.6. The number of rotatable bonds is 46. The molecule has 0 radical (unpaired) electrons. The molecule has 67 heavy (non-hydrogen) atoms. The number of hydrogen-bond donors (Lipinski definition) is 7. The Morgan fingerprint density at radius 2 is 0.910 bits per heavy atom. The quantitative estimate of drug-likeness (QED) is 0.0369. The van der Waals surface area contributed by atoms with Crippen molar-refractivity contribution >= 4 is 41.5 Å². The number of carboxylic acids is 2. The third-order valence-corrected chi connectivity index (χ3v) is 11.8. The minimum atomic E-state index is -1.20. The molecule has 0 bridgehead atoms. The fourth-order valence-electron chi connectivity index (χ4n) is 7.72. The first kappa shape index (κ1) is 61.1. The van der Waals surface area contributed by atoms with E-state index in [-0.39, 0.29) is 107 Å². The molecule has 18 heteroatoms. The lowest BCUT2D eigenvalue weighted by molar-refractivity contribution is -0.143. The fraction of sp³-hybridized carbons (Fsp3) is 0.857. The largest absolute Gasteiger partial charge is 0.481 e. The van der Waals surface area contributed by atoms with Crippen molar-refractivity contribution in [1.29, 1.82) is 0 Å². The molecule has 18 nitrogen and oxygen atoms in total. The maximum absolute atomic E-state index is 13.0. The third-order valence-electron chi connectivity index (χ3n) is 11.8. The molecule has 1 atom stereocenters. The van der Waals surface area contributed by atoms with Gasteiger partial charge in [0.2, 0.25) is 29.5 Å². The Morgan fingerprint density at radius 3 is 1.39 bits per heavy atom. The summed E-state index contributed by atoms with van der Waals surface area (Å²) in [4.78, 5) is 83.6. The number of carbonyl (C=O) groups excluding carboxylic acids is 5. The van der Waals surface area contributed by atoms with Crippen LogP contribution in [0.2, 0.25) is 0 Å². The van der Waals surface area contributed by atoms with Crippen molar-refractivity contribution < 1.29 is 62.7 Å². The van der Waals surface area contributed by atoms with Crippen LogP contribution in [-0.2, 0) is 52.5 Å². The highest BCUT2D eigenvalue weighted by molar-refractivity contribution is 5.85. The van der Waals surface area contributed by atoms with Crippen LogP contribution in [0.25, 0.3) is 0 Å². The van der Waals surface area contributed by atoms with Gasteiger partial charge in [-0.05, 0) is 57.3 Å². The second kappa shape index (κ2) is 43.4. The second-order valence-corrected chi connectivity index (χ2v) is 17.7. The number of aliphatic carboxylic acids is 2. The Morgan fingerprint density at radius 1 is 0.478 bits per heavy atom.